The van der Waals surface area contributed by atoms with Crippen LogP contribution < -0.4 is 5.48 Å². The molecule has 0 radical (unpaired) electrons. The third-order valence-electron chi connectivity index (χ3n) is 2.81. The molecule has 0 saturated heterocycles. The van der Waals surface area contributed by atoms with E-state index in [9.17, 15) is 0 Å². The van der Waals surface area contributed by atoms with Gasteiger partial charge in [0.1, 0.15) is 0 Å². The van der Waals surface area contributed by atoms with Gasteiger partial charge in [-0.3, -0.25) is 4.84 Å². The topological polar surface area (TPSA) is 21.3 Å². The van der Waals surface area contributed by atoms with Crippen molar-refractivity contribution in [3.8, 4) is 0 Å². The second kappa shape index (κ2) is 6.15. The summed E-state index contributed by atoms with van der Waals surface area (Å²) in [5.74, 6) is 0. The Kier molecular flexibility index (Phi) is 4.82. The van der Waals surface area contributed by atoms with Crippen LogP contribution in [0.15, 0.2) is 27.1 Å². The van der Waals surface area contributed by atoms with Crippen LogP contribution in [0.4, 0.5) is 0 Å². The van der Waals surface area contributed by atoms with E-state index in [0.29, 0.717) is 6.10 Å². The Balaban J connectivity index is 1.78. The first-order chi connectivity index (χ1) is 7.75. The van der Waals surface area contributed by atoms with Crippen molar-refractivity contribution in [3.05, 3.63) is 32.7 Å². The zero-order valence-electron chi connectivity index (χ0n) is 9.01. The van der Waals surface area contributed by atoms with Crippen molar-refractivity contribution in [2.24, 2.45) is 0 Å². The summed E-state index contributed by atoms with van der Waals surface area (Å²) in [5.41, 5.74) is 4.27. The summed E-state index contributed by atoms with van der Waals surface area (Å²) in [6.45, 7) is 0.752. The van der Waals surface area contributed by atoms with Crippen LogP contribution in [0.1, 0.15) is 31.2 Å². The molecule has 0 spiro atoms. The van der Waals surface area contributed by atoms with Crippen LogP contribution >= 0.6 is 31.9 Å². The molecule has 4 heteroatoms. The summed E-state index contributed by atoms with van der Waals surface area (Å²) in [6, 6.07) is 6.21. The molecule has 0 unspecified atom stereocenters. The summed E-state index contributed by atoms with van der Waals surface area (Å²) in [6.07, 6.45) is 5.40. The van der Waals surface area contributed by atoms with Crippen molar-refractivity contribution >= 4 is 31.9 Å². The zero-order chi connectivity index (χ0) is 11.4. The molecule has 1 aromatic rings. The molecule has 1 fully saturated rings. The number of benzene rings is 1. The monoisotopic (exact) mass is 347 g/mol. The van der Waals surface area contributed by atoms with E-state index in [0.717, 1.165) is 15.5 Å². The van der Waals surface area contributed by atoms with Crippen molar-refractivity contribution in [2.45, 2.75) is 38.3 Å². The summed E-state index contributed by atoms with van der Waals surface area (Å²) in [5, 5.41) is 0. The van der Waals surface area contributed by atoms with Crippen LogP contribution in [0.25, 0.3) is 0 Å². The molecule has 1 saturated carbocycles. The van der Waals surface area contributed by atoms with Crippen LogP contribution in [-0.2, 0) is 11.4 Å². The molecule has 0 amide bonds. The summed E-state index contributed by atoms with van der Waals surface area (Å²) >= 11 is 6.94. The minimum absolute atomic E-state index is 0.416. The van der Waals surface area contributed by atoms with E-state index in [1.807, 2.05) is 6.07 Å². The molecule has 1 aliphatic rings. The molecule has 1 aliphatic carbocycles. The van der Waals surface area contributed by atoms with Gasteiger partial charge in [-0.15, -0.1) is 0 Å². The maximum absolute atomic E-state index is 5.60. The highest BCUT2D eigenvalue weighted by Crippen LogP contribution is 2.24. The summed E-state index contributed by atoms with van der Waals surface area (Å²) in [4.78, 5) is 5.60. The molecule has 0 aliphatic heterocycles. The van der Waals surface area contributed by atoms with Crippen LogP contribution in [0.2, 0.25) is 0 Å². The number of hydrogen-bond acceptors (Lipinski definition) is 2. The SMILES string of the molecule is Brc1ccc(CNOC2CCCC2)cc1Br. The molecule has 2 nitrogen and oxygen atoms in total. The number of hydroxylamine groups is 1. The van der Waals surface area contributed by atoms with Gasteiger partial charge in [0.15, 0.2) is 0 Å². The Morgan fingerprint density at radius 2 is 1.94 bits per heavy atom. The predicted molar refractivity (Wildman–Crippen MR) is 72.0 cm³/mol. The van der Waals surface area contributed by atoms with E-state index < -0.39 is 0 Å². The fourth-order valence-electron chi connectivity index (χ4n) is 1.90. The molecule has 2 rings (SSSR count). The molecule has 1 aromatic carbocycles. The van der Waals surface area contributed by atoms with Crippen molar-refractivity contribution in [1.82, 2.24) is 5.48 Å². The molecule has 0 aromatic heterocycles. The maximum Gasteiger partial charge on any atom is 0.0790 e. The minimum atomic E-state index is 0.416. The highest BCUT2D eigenvalue weighted by Gasteiger charge is 2.15. The van der Waals surface area contributed by atoms with Crippen molar-refractivity contribution < 1.29 is 4.84 Å². The lowest BCUT2D eigenvalue weighted by Crippen LogP contribution is -2.21. The average Bonchev–Trinajstić information content (AvgIpc) is 2.76. The van der Waals surface area contributed by atoms with E-state index in [4.69, 9.17) is 4.84 Å². The van der Waals surface area contributed by atoms with E-state index in [2.05, 4.69) is 49.5 Å². The fourth-order valence-corrected chi connectivity index (χ4v) is 2.57. The molecule has 0 atom stereocenters. The van der Waals surface area contributed by atoms with Crippen LogP contribution in [-0.4, -0.2) is 6.10 Å². The van der Waals surface area contributed by atoms with Gasteiger partial charge in [0, 0.05) is 15.5 Å². The number of halogens is 2. The van der Waals surface area contributed by atoms with Gasteiger partial charge >= 0.3 is 0 Å². The van der Waals surface area contributed by atoms with E-state index >= 15 is 0 Å². The van der Waals surface area contributed by atoms with Crippen molar-refractivity contribution in [2.75, 3.05) is 0 Å². The second-order valence-corrected chi connectivity index (χ2v) is 5.80. The fraction of sp³-hybridized carbons (Fsp3) is 0.500. The van der Waals surface area contributed by atoms with Gasteiger partial charge in [-0.1, -0.05) is 18.9 Å². The third kappa shape index (κ3) is 3.55. The van der Waals surface area contributed by atoms with E-state index in [-0.39, 0.29) is 0 Å². The highest BCUT2D eigenvalue weighted by molar-refractivity contribution is 9.13. The van der Waals surface area contributed by atoms with Crippen LogP contribution in [0.3, 0.4) is 0 Å². The van der Waals surface area contributed by atoms with E-state index in [1.165, 1.54) is 31.2 Å². The average molecular weight is 349 g/mol. The number of nitrogens with one attached hydrogen (secondary N) is 1. The van der Waals surface area contributed by atoms with Crippen LogP contribution in [0.5, 0.6) is 0 Å². The Labute approximate surface area is 113 Å². The normalized spacial score (nSPS) is 16.9. The van der Waals surface area contributed by atoms with Gasteiger partial charge in [-0.25, -0.2) is 0 Å². The second-order valence-electron chi connectivity index (χ2n) is 4.09. The van der Waals surface area contributed by atoms with Gasteiger partial charge in [0.05, 0.1) is 6.10 Å². The highest BCUT2D eigenvalue weighted by atomic mass is 79.9. The molecular formula is C12H15Br2NO. The van der Waals surface area contributed by atoms with Crippen molar-refractivity contribution in [3.63, 3.8) is 0 Å². The number of hydrogen-bond donors (Lipinski definition) is 1. The quantitative estimate of drug-likeness (QED) is 0.824. The van der Waals surface area contributed by atoms with Gasteiger partial charge < -0.3 is 0 Å². The Hall–Kier alpha value is 0.1000. The Morgan fingerprint density at radius 1 is 1.19 bits per heavy atom. The minimum Gasteiger partial charge on any atom is -0.298 e. The smallest absolute Gasteiger partial charge is 0.0790 e. The summed E-state index contributed by atoms with van der Waals surface area (Å²) < 4.78 is 2.15. The Morgan fingerprint density at radius 3 is 2.62 bits per heavy atom. The van der Waals surface area contributed by atoms with Gasteiger partial charge in [0.25, 0.3) is 0 Å². The molecule has 16 heavy (non-hydrogen) atoms. The lowest BCUT2D eigenvalue weighted by atomic mass is 10.2. The molecule has 1 N–H and O–H groups in total. The van der Waals surface area contributed by atoms with Gasteiger partial charge in [-0.2, -0.15) is 5.48 Å². The number of rotatable bonds is 4. The predicted octanol–water partition coefficient (Wildman–Crippen LogP) is 4.18. The molecule has 0 heterocycles. The third-order valence-corrected chi connectivity index (χ3v) is 4.69. The van der Waals surface area contributed by atoms with E-state index in [1.54, 1.807) is 0 Å². The largest absolute Gasteiger partial charge is 0.298 e. The molecule has 88 valence electrons. The van der Waals surface area contributed by atoms with Gasteiger partial charge in [-0.05, 0) is 62.4 Å². The molecular weight excluding hydrogens is 334 g/mol. The standard InChI is InChI=1S/C12H15Br2NO/c13-11-6-5-9(7-12(11)14)8-15-16-10-3-1-2-4-10/h5-7,10,15H,1-4,8H2. The Bertz CT molecular complexity index is 351. The first kappa shape index (κ1) is 12.6. The lowest BCUT2D eigenvalue weighted by molar-refractivity contribution is -0.0244. The van der Waals surface area contributed by atoms with Gasteiger partial charge in [0.2, 0.25) is 0 Å². The maximum atomic E-state index is 5.60. The lowest BCUT2D eigenvalue weighted by Gasteiger charge is -2.11. The summed E-state index contributed by atoms with van der Waals surface area (Å²) in [7, 11) is 0. The zero-order valence-corrected chi connectivity index (χ0v) is 12.2. The first-order valence-electron chi connectivity index (χ1n) is 5.58. The molecule has 0 bridgehead atoms. The van der Waals surface area contributed by atoms with Crippen molar-refractivity contribution in [1.29, 1.82) is 0 Å². The van der Waals surface area contributed by atoms with Crippen LogP contribution in [0, 0.1) is 0 Å². The first-order valence-corrected chi connectivity index (χ1v) is 7.17.